The van der Waals surface area contributed by atoms with Crippen LogP contribution in [0.3, 0.4) is 0 Å². The zero-order valence-electron chi connectivity index (χ0n) is 13.0. The lowest BCUT2D eigenvalue weighted by atomic mass is 9.91. The summed E-state index contributed by atoms with van der Waals surface area (Å²) in [4.78, 5) is 0. The Labute approximate surface area is 141 Å². The molecule has 21 heavy (non-hydrogen) atoms. The molecule has 118 valence electrons. The van der Waals surface area contributed by atoms with Gasteiger partial charge in [0.05, 0.1) is 11.6 Å². The van der Waals surface area contributed by atoms with E-state index in [1.54, 1.807) is 7.11 Å². The molecule has 1 fully saturated rings. The molecule has 1 aliphatic rings. The van der Waals surface area contributed by atoms with E-state index >= 15 is 0 Å². The molecular formula is C17H26BrNOS. The predicted molar refractivity (Wildman–Crippen MR) is 96.5 cm³/mol. The second-order valence-electron chi connectivity index (χ2n) is 5.72. The van der Waals surface area contributed by atoms with Gasteiger partial charge in [0.15, 0.2) is 0 Å². The summed E-state index contributed by atoms with van der Waals surface area (Å²) in [5.41, 5.74) is 1.37. The normalized spacial score (nSPS) is 17.7. The molecule has 1 N–H and O–H groups in total. The maximum atomic E-state index is 5.31. The summed E-state index contributed by atoms with van der Waals surface area (Å²) < 4.78 is 6.36. The Balaban J connectivity index is 1.96. The van der Waals surface area contributed by atoms with Crippen LogP contribution >= 0.6 is 27.7 Å². The quantitative estimate of drug-likeness (QED) is 0.761. The van der Waals surface area contributed by atoms with Crippen LogP contribution in [0, 0.1) is 5.92 Å². The average Bonchev–Trinajstić information content (AvgIpc) is 2.49. The van der Waals surface area contributed by atoms with Gasteiger partial charge in [0, 0.05) is 6.04 Å². The van der Waals surface area contributed by atoms with Crippen molar-refractivity contribution in [3.8, 4) is 5.75 Å². The zero-order valence-corrected chi connectivity index (χ0v) is 15.4. The molecule has 0 aromatic heterocycles. The highest BCUT2D eigenvalue weighted by Crippen LogP contribution is 2.29. The lowest BCUT2D eigenvalue weighted by molar-refractivity contribution is 0.366. The molecule has 0 aliphatic carbocycles. The number of likely N-dealkylation sites (N-methyl/N-ethyl adjacent to an activating group) is 1. The Morgan fingerprint density at radius 2 is 2.14 bits per heavy atom. The minimum absolute atomic E-state index is 0.586. The van der Waals surface area contributed by atoms with E-state index in [9.17, 15) is 0 Å². The van der Waals surface area contributed by atoms with Crippen LogP contribution in [0.15, 0.2) is 22.7 Å². The number of methoxy groups -OCH3 is 1. The van der Waals surface area contributed by atoms with Crippen LogP contribution in [0.1, 0.15) is 31.7 Å². The molecule has 1 heterocycles. The molecule has 1 aliphatic heterocycles. The zero-order chi connectivity index (χ0) is 15.1. The number of benzene rings is 1. The third kappa shape index (κ3) is 5.50. The van der Waals surface area contributed by atoms with Gasteiger partial charge in [0.25, 0.3) is 0 Å². The second kappa shape index (κ2) is 9.06. The lowest BCUT2D eigenvalue weighted by Crippen LogP contribution is -2.33. The van der Waals surface area contributed by atoms with Crippen LogP contribution in [0.5, 0.6) is 5.75 Å². The van der Waals surface area contributed by atoms with Crippen molar-refractivity contribution >= 4 is 27.7 Å². The van der Waals surface area contributed by atoms with E-state index in [0.717, 1.165) is 29.1 Å². The van der Waals surface area contributed by atoms with E-state index in [1.165, 1.54) is 36.3 Å². The summed E-state index contributed by atoms with van der Waals surface area (Å²) in [6.07, 6.45) is 5.18. The first-order valence-corrected chi connectivity index (χ1v) is 9.81. The molecule has 1 unspecified atom stereocenters. The van der Waals surface area contributed by atoms with Gasteiger partial charge < -0.3 is 10.1 Å². The van der Waals surface area contributed by atoms with Gasteiger partial charge in [-0.25, -0.2) is 0 Å². The standard InChI is InChI=1S/C17H26BrNOS/c1-3-19-15(10-13-6-8-21-9-7-13)11-14-4-5-17(20-2)16(18)12-14/h4-5,12-13,15,19H,3,6-11H2,1-2H3. The van der Waals surface area contributed by atoms with Crippen LogP contribution < -0.4 is 10.1 Å². The van der Waals surface area contributed by atoms with Gasteiger partial charge in [-0.05, 0) is 83.3 Å². The summed E-state index contributed by atoms with van der Waals surface area (Å²) in [5.74, 6) is 4.50. The molecule has 2 nitrogen and oxygen atoms in total. The van der Waals surface area contributed by atoms with Gasteiger partial charge in [-0.1, -0.05) is 13.0 Å². The third-order valence-corrected chi connectivity index (χ3v) is 5.82. The number of rotatable bonds is 7. The van der Waals surface area contributed by atoms with E-state index in [-0.39, 0.29) is 0 Å². The van der Waals surface area contributed by atoms with Gasteiger partial charge in [-0.3, -0.25) is 0 Å². The first-order chi connectivity index (χ1) is 10.2. The smallest absolute Gasteiger partial charge is 0.133 e. The Bertz CT molecular complexity index is 435. The fourth-order valence-corrected chi connectivity index (χ4v) is 4.83. The summed E-state index contributed by atoms with van der Waals surface area (Å²) in [6, 6.07) is 7.02. The molecule has 1 atom stereocenters. The fraction of sp³-hybridized carbons (Fsp3) is 0.647. The highest BCUT2D eigenvalue weighted by Gasteiger charge is 2.19. The van der Waals surface area contributed by atoms with Gasteiger partial charge in [-0.15, -0.1) is 0 Å². The molecule has 0 radical (unpaired) electrons. The summed E-state index contributed by atoms with van der Waals surface area (Å²) in [5, 5.41) is 3.67. The number of hydrogen-bond donors (Lipinski definition) is 1. The first-order valence-electron chi connectivity index (χ1n) is 7.86. The first kappa shape index (κ1) is 17.2. The lowest BCUT2D eigenvalue weighted by Gasteiger charge is -2.27. The van der Waals surface area contributed by atoms with Crippen molar-refractivity contribution in [2.24, 2.45) is 5.92 Å². The van der Waals surface area contributed by atoms with Crippen molar-refractivity contribution in [3.05, 3.63) is 28.2 Å². The third-order valence-electron chi connectivity index (χ3n) is 4.15. The van der Waals surface area contributed by atoms with Crippen molar-refractivity contribution in [1.82, 2.24) is 5.32 Å². The van der Waals surface area contributed by atoms with Crippen LogP contribution in [0.4, 0.5) is 0 Å². The van der Waals surface area contributed by atoms with E-state index in [0.29, 0.717) is 6.04 Å². The summed E-state index contributed by atoms with van der Waals surface area (Å²) in [6.45, 7) is 3.25. The number of nitrogens with one attached hydrogen (secondary N) is 1. The molecule has 4 heteroatoms. The van der Waals surface area contributed by atoms with Gasteiger partial charge >= 0.3 is 0 Å². The Hall–Kier alpha value is -0.190. The number of halogens is 1. The molecule has 1 saturated heterocycles. The molecule has 1 aromatic rings. The highest BCUT2D eigenvalue weighted by atomic mass is 79.9. The van der Waals surface area contributed by atoms with E-state index < -0.39 is 0 Å². The molecule has 0 bridgehead atoms. The molecule has 0 spiro atoms. The Morgan fingerprint density at radius 1 is 1.38 bits per heavy atom. The SMILES string of the molecule is CCNC(Cc1ccc(OC)c(Br)c1)CC1CCSCC1. The number of hydrogen-bond acceptors (Lipinski definition) is 3. The van der Waals surface area contributed by atoms with Crippen molar-refractivity contribution in [2.75, 3.05) is 25.2 Å². The molecular weight excluding hydrogens is 346 g/mol. The second-order valence-corrected chi connectivity index (χ2v) is 7.80. The van der Waals surface area contributed by atoms with E-state index in [1.807, 2.05) is 0 Å². The van der Waals surface area contributed by atoms with Crippen molar-refractivity contribution in [2.45, 2.75) is 38.6 Å². The molecule has 0 saturated carbocycles. The average molecular weight is 372 g/mol. The minimum Gasteiger partial charge on any atom is -0.496 e. The van der Waals surface area contributed by atoms with E-state index in [2.05, 4.69) is 58.1 Å². The van der Waals surface area contributed by atoms with Crippen LogP contribution in [-0.4, -0.2) is 31.2 Å². The summed E-state index contributed by atoms with van der Waals surface area (Å²) >= 11 is 5.70. The number of thioether (sulfide) groups is 1. The molecule has 2 rings (SSSR count). The Kier molecular flexibility index (Phi) is 7.41. The topological polar surface area (TPSA) is 21.3 Å². The number of ether oxygens (including phenoxy) is 1. The van der Waals surface area contributed by atoms with Crippen LogP contribution in [0.2, 0.25) is 0 Å². The monoisotopic (exact) mass is 371 g/mol. The van der Waals surface area contributed by atoms with Gasteiger partial charge in [0.2, 0.25) is 0 Å². The van der Waals surface area contributed by atoms with Gasteiger partial charge in [-0.2, -0.15) is 11.8 Å². The van der Waals surface area contributed by atoms with Crippen LogP contribution in [0.25, 0.3) is 0 Å². The van der Waals surface area contributed by atoms with Crippen molar-refractivity contribution in [3.63, 3.8) is 0 Å². The highest BCUT2D eigenvalue weighted by molar-refractivity contribution is 9.10. The predicted octanol–water partition coefficient (Wildman–Crippen LogP) is 4.51. The van der Waals surface area contributed by atoms with Crippen LogP contribution in [-0.2, 0) is 6.42 Å². The molecule has 0 amide bonds. The minimum atomic E-state index is 0.586. The van der Waals surface area contributed by atoms with Crippen molar-refractivity contribution in [1.29, 1.82) is 0 Å². The largest absolute Gasteiger partial charge is 0.496 e. The maximum absolute atomic E-state index is 5.31. The molecule has 1 aromatic carbocycles. The maximum Gasteiger partial charge on any atom is 0.133 e. The Morgan fingerprint density at radius 3 is 2.76 bits per heavy atom. The van der Waals surface area contributed by atoms with Crippen molar-refractivity contribution < 1.29 is 4.74 Å². The summed E-state index contributed by atoms with van der Waals surface area (Å²) in [7, 11) is 1.71. The van der Waals surface area contributed by atoms with E-state index in [4.69, 9.17) is 4.74 Å². The van der Waals surface area contributed by atoms with Gasteiger partial charge in [0.1, 0.15) is 5.75 Å². The fourth-order valence-electron chi connectivity index (χ4n) is 3.03.